The second-order valence-corrected chi connectivity index (χ2v) is 5.79. The van der Waals surface area contributed by atoms with Crippen LogP contribution in [0.2, 0.25) is 5.15 Å². The molecule has 1 heterocycles. The maximum Gasteiger partial charge on any atom is 0.146 e. The lowest BCUT2D eigenvalue weighted by molar-refractivity contribution is 0.554. The summed E-state index contributed by atoms with van der Waals surface area (Å²) in [4.78, 5) is 8.77. The van der Waals surface area contributed by atoms with Crippen molar-refractivity contribution in [2.24, 2.45) is 0 Å². The van der Waals surface area contributed by atoms with Gasteiger partial charge in [-0.1, -0.05) is 35.9 Å². The van der Waals surface area contributed by atoms with E-state index in [1.807, 2.05) is 0 Å². The Bertz CT molecular complexity index is 586. The number of aromatic nitrogens is 2. The molecule has 0 amide bonds. The molecule has 2 nitrogen and oxygen atoms in total. The molecule has 0 saturated heterocycles. The van der Waals surface area contributed by atoms with Gasteiger partial charge in [0, 0.05) is 12.1 Å². The van der Waals surface area contributed by atoms with Crippen LogP contribution in [0.4, 0.5) is 0 Å². The minimum absolute atomic E-state index is 0.380. The van der Waals surface area contributed by atoms with Gasteiger partial charge < -0.3 is 0 Å². The van der Waals surface area contributed by atoms with Gasteiger partial charge in [-0.15, -0.1) is 0 Å². The Labute approximate surface area is 120 Å². The lowest BCUT2D eigenvalue weighted by atomic mass is 9.83. The van der Waals surface area contributed by atoms with Gasteiger partial charge in [0.2, 0.25) is 0 Å². The van der Waals surface area contributed by atoms with Crippen LogP contribution >= 0.6 is 27.5 Å². The first-order chi connectivity index (χ1) is 8.74. The zero-order valence-electron chi connectivity index (χ0n) is 9.74. The first-order valence-electron chi connectivity index (χ1n) is 5.99. The highest BCUT2D eigenvalue weighted by Crippen LogP contribution is 2.32. The first-order valence-corrected chi connectivity index (χ1v) is 7.16. The molecule has 1 unspecified atom stereocenters. The van der Waals surface area contributed by atoms with Crippen LogP contribution in [0.1, 0.15) is 29.3 Å². The number of aryl methyl sites for hydroxylation is 1. The molecule has 0 fully saturated rings. The molecule has 3 rings (SSSR count). The molecule has 1 atom stereocenters. The second-order valence-electron chi connectivity index (χ2n) is 4.58. The van der Waals surface area contributed by atoms with Crippen molar-refractivity contribution in [3.05, 3.63) is 57.0 Å². The largest absolute Gasteiger partial charge is 0.240 e. The Balaban J connectivity index is 1.89. The summed E-state index contributed by atoms with van der Waals surface area (Å²) >= 11 is 9.36. The number of rotatable bonds is 1. The molecular weight excluding hydrogens is 312 g/mol. The van der Waals surface area contributed by atoms with Gasteiger partial charge in [-0.25, -0.2) is 9.97 Å². The summed E-state index contributed by atoms with van der Waals surface area (Å²) in [7, 11) is 0. The van der Waals surface area contributed by atoms with Gasteiger partial charge in [-0.3, -0.25) is 0 Å². The van der Waals surface area contributed by atoms with Crippen LogP contribution < -0.4 is 0 Å². The standard InChI is InChI=1S/C14H12BrClN2/c15-12-8-17-14(18-13(12)16)11-6-5-9-3-1-2-4-10(9)7-11/h1-4,8,11H,5-7H2. The van der Waals surface area contributed by atoms with Crippen LogP contribution in [0.15, 0.2) is 34.9 Å². The molecule has 0 spiro atoms. The first kappa shape index (κ1) is 12.1. The van der Waals surface area contributed by atoms with Crippen molar-refractivity contribution in [1.82, 2.24) is 9.97 Å². The highest BCUT2D eigenvalue weighted by molar-refractivity contribution is 9.10. The fourth-order valence-corrected chi connectivity index (χ4v) is 2.80. The molecule has 0 aliphatic heterocycles. The highest BCUT2D eigenvalue weighted by Gasteiger charge is 2.22. The lowest BCUT2D eigenvalue weighted by Gasteiger charge is -2.23. The van der Waals surface area contributed by atoms with Crippen LogP contribution in [-0.4, -0.2) is 9.97 Å². The predicted octanol–water partition coefficient (Wildman–Crippen LogP) is 4.17. The maximum atomic E-state index is 6.04. The molecule has 1 aromatic carbocycles. The molecule has 4 heteroatoms. The van der Waals surface area contributed by atoms with Crippen molar-refractivity contribution in [3.8, 4) is 0 Å². The molecule has 1 aliphatic carbocycles. The van der Waals surface area contributed by atoms with Gasteiger partial charge in [-0.05, 0) is 46.3 Å². The monoisotopic (exact) mass is 322 g/mol. The molecular formula is C14H12BrClN2. The Hall–Kier alpha value is -0.930. The highest BCUT2D eigenvalue weighted by atomic mass is 79.9. The van der Waals surface area contributed by atoms with Crippen molar-refractivity contribution < 1.29 is 0 Å². The summed E-state index contributed by atoms with van der Waals surface area (Å²) in [5.41, 5.74) is 2.87. The fraction of sp³-hybridized carbons (Fsp3) is 0.286. The zero-order valence-corrected chi connectivity index (χ0v) is 12.1. The van der Waals surface area contributed by atoms with E-state index in [0.717, 1.165) is 29.6 Å². The predicted molar refractivity (Wildman–Crippen MR) is 76.0 cm³/mol. The van der Waals surface area contributed by atoms with E-state index in [1.54, 1.807) is 6.20 Å². The molecule has 0 saturated carbocycles. The smallest absolute Gasteiger partial charge is 0.146 e. The molecule has 18 heavy (non-hydrogen) atoms. The van der Waals surface area contributed by atoms with Gasteiger partial charge in [0.05, 0.1) is 4.47 Å². The van der Waals surface area contributed by atoms with Gasteiger partial charge in [0.15, 0.2) is 0 Å². The average Bonchev–Trinajstić information content (AvgIpc) is 2.41. The van der Waals surface area contributed by atoms with Crippen molar-refractivity contribution in [2.75, 3.05) is 0 Å². The van der Waals surface area contributed by atoms with E-state index in [4.69, 9.17) is 11.6 Å². The van der Waals surface area contributed by atoms with Gasteiger partial charge in [0.1, 0.15) is 11.0 Å². The second kappa shape index (κ2) is 4.98. The summed E-state index contributed by atoms with van der Waals surface area (Å²) < 4.78 is 0.754. The molecule has 2 aromatic rings. The summed E-state index contributed by atoms with van der Waals surface area (Å²) in [5, 5.41) is 0.499. The number of hydrogen-bond donors (Lipinski definition) is 0. The van der Waals surface area contributed by atoms with E-state index in [1.165, 1.54) is 11.1 Å². The molecule has 0 N–H and O–H groups in total. The third-order valence-electron chi connectivity index (χ3n) is 3.43. The van der Waals surface area contributed by atoms with E-state index >= 15 is 0 Å². The summed E-state index contributed by atoms with van der Waals surface area (Å²) in [6, 6.07) is 8.60. The zero-order chi connectivity index (χ0) is 12.5. The summed E-state index contributed by atoms with van der Waals surface area (Å²) in [6.07, 6.45) is 4.94. The number of fused-ring (bicyclic) bond motifs is 1. The molecule has 1 aromatic heterocycles. The molecule has 92 valence electrons. The van der Waals surface area contributed by atoms with Crippen molar-refractivity contribution in [3.63, 3.8) is 0 Å². The lowest BCUT2D eigenvalue weighted by Crippen LogP contribution is -2.15. The van der Waals surface area contributed by atoms with Crippen molar-refractivity contribution >= 4 is 27.5 Å². The fourth-order valence-electron chi connectivity index (χ4n) is 2.47. The SMILES string of the molecule is Clc1nc(C2CCc3ccccc3C2)ncc1Br. The Morgan fingerprint density at radius 1 is 1.22 bits per heavy atom. The summed E-state index contributed by atoms with van der Waals surface area (Å²) in [6.45, 7) is 0. The van der Waals surface area contributed by atoms with Crippen molar-refractivity contribution in [1.29, 1.82) is 0 Å². The number of nitrogens with zero attached hydrogens (tertiary/aromatic N) is 2. The van der Waals surface area contributed by atoms with E-state index in [9.17, 15) is 0 Å². The topological polar surface area (TPSA) is 25.8 Å². The Kier molecular flexibility index (Phi) is 3.35. The number of hydrogen-bond acceptors (Lipinski definition) is 2. The van der Waals surface area contributed by atoms with E-state index in [-0.39, 0.29) is 0 Å². The third-order valence-corrected chi connectivity index (χ3v) is 4.53. The van der Waals surface area contributed by atoms with Gasteiger partial charge in [0.25, 0.3) is 0 Å². The van der Waals surface area contributed by atoms with Gasteiger partial charge in [-0.2, -0.15) is 0 Å². The normalized spacial score (nSPS) is 18.4. The third kappa shape index (κ3) is 2.29. The molecule has 0 bridgehead atoms. The number of benzene rings is 1. The maximum absolute atomic E-state index is 6.04. The Morgan fingerprint density at radius 2 is 2.00 bits per heavy atom. The van der Waals surface area contributed by atoms with E-state index < -0.39 is 0 Å². The van der Waals surface area contributed by atoms with Crippen LogP contribution in [0, 0.1) is 0 Å². The summed E-state index contributed by atoms with van der Waals surface area (Å²) in [5.74, 6) is 1.24. The van der Waals surface area contributed by atoms with Crippen LogP contribution in [0.3, 0.4) is 0 Å². The van der Waals surface area contributed by atoms with Crippen LogP contribution in [0.25, 0.3) is 0 Å². The van der Waals surface area contributed by atoms with Crippen molar-refractivity contribution in [2.45, 2.75) is 25.2 Å². The Morgan fingerprint density at radius 3 is 2.78 bits per heavy atom. The number of halogens is 2. The van der Waals surface area contributed by atoms with E-state index in [0.29, 0.717) is 11.1 Å². The average molecular weight is 324 g/mol. The minimum Gasteiger partial charge on any atom is -0.240 e. The van der Waals surface area contributed by atoms with E-state index in [2.05, 4.69) is 50.2 Å². The molecule has 0 radical (unpaired) electrons. The quantitative estimate of drug-likeness (QED) is 0.736. The van der Waals surface area contributed by atoms with Crippen LogP contribution in [-0.2, 0) is 12.8 Å². The minimum atomic E-state index is 0.380. The van der Waals surface area contributed by atoms with Crippen LogP contribution in [0.5, 0.6) is 0 Å². The van der Waals surface area contributed by atoms with Gasteiger partial charge >= 0.3 is 0 Å². The molecule has 1 aliphatic rings.